The first kappa shape index (κ1) is 14.7. The fourth-order valence-electron chi connectivity index (χ4n) is 1.67. The highest BCUT2D eigenvalue weighted by Gasteiger charge is 2.24. The van der Waals surface area contributed by atoms with E-state index in [0.29, 0.717) is 11.5 Å². The molecule has 0 aliphatic rings. The van der Waals surface area contributed by atoms with Crippen molar-refractivity contribution >= 4 is 11.9 Å². The molecule has 0 bridgehead atoms. The molecule has 9 nitrogen and oxygen atoms in total. The number of nitrogens with one attached hydrogen (secondary N) is 3. The van der Waals surface area contributed by atoms with Gasteiger partial charge in [-0.25, -0.2) is 14.8 Å². The van der Waals surface area contributed by atoms with Gasteiger partial charge in [-0.2, -0.15) is 0 Å². The van der Waals surface area contributed by atoms with E-state index >= 15 is 0 Å². The van der Waals surface area contributed by atoms with Crippen molar-refractivity contribution in [3.05, 3.63) is 29.9 Å². The van der Waals surface area contributed by atoms with E-state index in [9.17, 15) is 9.59 Å². The fraction of sp³-hybridized carbons (Fsp3) is 0.417. The molecule has 1 atom stereocenters. The lowest BCUT2D eigenvalue weighted by Gasteiger charge is -2.12. The number of rotatable bonds is 6. The minimum Gasteiger partial charge on any atom is -0.480 e. The topological polar surface area (TPSA) is 137 Å². The number of aromatic nitrogens is 5. The fourth-order valence-corrected chi connectivity index (χ4v) is 1.67. The van der Waals surface area contributed by atoms with E-state index in [4.69, 9.17) is 5.11 Å². The maximum atomic E-state index is 12.0. The molecule has 0 fully saturated rings. The largest absolute Gasteiger partial charge is 0.480 e. The Balaban J connectivity index is 2.05. The first-order valence-corrected chi connectivity index (χ1v) is 6.40. The van der Waals surface area contributed by atoms with Crippen LogP contribution in [0.15, 0.2) is 12.5 Å². The lowest BCUT2D eigenvalue weighted by atomic mass is 10.1. The smallest absolute Gasteiger partial charge is 0.326 e. The predicted octanol–water partition coefficient (Wildman–Crippen LogP) is 0.0769. The third-order valence-electron chi connectivity index (χ3n) is 2.83. The van der Waals surface area contributed by atoms with Crippen LogP contribution in [0.3, 0.4) is 0 Å². The van der Waals surface area contributed by atoms with Crippen molar-refractivity contribution < 1.29 is 14.7 Å². The van der Waals surface area contributed by atoms with Crippen LogP contribution in [0.2, 0.25) is 0 Å². The summed E-state index contributed by atoms with van der Waals surface area (Å²) in [5, 5.41) is 18.0. The Hall–Kier alpha value is -2.71. The molecule has 0 aromatic carbocycles. The Labute approximate surface area is 120 Å². The number of hydrogen-bond acceptors (Lipinski definition) is 5. The summed E-state index contributed by atoms with van der Waals surface area (Å²) in [7, 11) is 0. The van der Waals surface area contributed by atoms with Crippen LogP contribution in [0, 0.1) is 0 Å². The van der Waals surface area contributed by atoms with Crippen molar-refractivity contribution in [2.24, 2.45) is 0 Å². The average molecular weight is 292 g/mol. The normalized spacial score (nSPS) is 12.3. The van der Waals surface area contributed by atoms with Crippen LogP contribution < -0.4 is 5.32 Å². The third-order valence-corrected chi connectivity index (χ3v) is 2.83. The molecule has 0 unspecified atom stereocenters. The number of imidazole rings is 1. The van der Waals surface area contributed by atoms with Crippen LogP contribution in [0.4, 0.5) is 0 Å². The Morgan fingerprint density at radius 1 is 1.43 bits per heavy atom. The number of aromatic amines is 2. The number of carbonyl (C=O) groups excluding carboxylic acids is 1. The number of carbonyl (C=O) groups is 2. The van der Waals surface area contributed by atoms with E-state index in [1.54, 1.807) is 0 Å². The molecule has 0 aliphatic heterocycles. The summed E-state index contributed by atoms with van der Waals surface area (Å²) in [6.45, 7) is 3.81. The first-order chi connectivity index (χ1) is 9.97. The zero-order valence-electron chi connectivity index (χ0n) is 11.6. The van der Waals surface area contributed by atoms with Crippen molar-refractivity contribution in [3.63, 3.8) is 0 Å². The maximum Gasteiger partial charge on any atom is 0.326 e. The average Bonchev–Trinajstić information content (AvgIpc) is 3.08. The first-order valence-electron chi connectivity index (χ1n) is 6.40. The van der Waals surface area contributed by atoms with Crippen molar-refractivity contribution in [3.8, 4) is 0 Å². The van der Waals surface area contributed by atoms with Crippen molar-refractivity contribution in [1.29, 1.82) is 0 Å². The van der Waals surface area contributed by atoms with Gasteiger partial charge < -0.3 is 15.4 Å². The van der Waals surface area contributed by atoms with E-state index in [-0.39, 0.29) is 18.2 Å². The van der Waals surface area contributed by atoms with Gasteiger partial charge in [0.05, 0.1) is 6.33 Å². The van der Waals surface area contributed by atoms with Gasteiger partial charge in [0.1, 0.15) is 11.9 Å². The summed E-state index contributed by atoms with van der Waals surface area (Å²) in [4.78, 5) is 33.8. The highest BCUT2D eigenvalue weighted by Crippen LogP contribution is 2.08. The van der Waals surface area contributed by atoms with Gasteiger partial charge >= 0.3 is 5.97 Å². The third kappa shape index (κ3) is 3.65. The second-order valence-corrected chi connectivity index (χ2v) is 4.84. The number of carboxylic acid groups (broad SMARTS) is 1. The molecular weight excluding hydrogens is 276 g/mol. The molecule has 2 heterocycles. The number of amides is 1. The molecule has 0 radical (unpaired) electrons. The number of aliphatic carboxylic acids is 1. The van der Waals surface area contributed by atoms with Gasteiger partial charge in [0.25, 0.3) is 5.91 Å². The molecule has 0 aliphatic carbocycles. The molecule has 4 N–H and O–H groups in total. The van der Waals surface area contributed by atoms with Crippen LogP contribution in [0.1, 0.15) is 41.9 Å². The van der Waals surface area contributed by atoms with Gasteiger partial charge in [-0.05, 0) is 0 Å². The van der Waals surface area contributed by atoms with E-state index in [0.717, 1.165) is 0 Å². The molecule has 2 aromatic rings. The van der Waals surface area contributed by atoms with Crippen LogP contribution in [0.25, 0.3) is 0 Å². The van der Waals surface area contributed by atoms with E-state index in [2.05, 4.69) is 30.5 Å². The van der Waals surface area contributed by atoms with E-state index in [1.165, 1.54) is 12.5 Å². The van der Waals surface area contributed by atoms with Crippen LogP contribution >= 0.6 is 0 Å². The quantitative estimate of drug-likeness (QED) is 0.595. The van der Waals surface area contributed by atoms with Gasteiger partial charge in [0, 0.05) is 24.2 Å². The van der Waals surface area contributed by atoms with E-state index in [1.807, 2.05) is 13.8 Å². The standard InChI is InChI=1S/C12H16N6O3/c1-6(2)9-16-10(18-17-9)11(19)15-8(12(20)21)3-7-4-13-5-14-7/h4-6,8H,3H2,1-2H3,(H,13,14)(H,15,19)(H,20,21)(H,16,17,18)/t8-/m0/s1. The van der Waals surface area contributed by atoms with Crippen LogP contribution in [-0.4, -0.2) is 48.2 Å². The Kier molecular flexibility index (Phi) is 4.31. The zero-order valence-corrected chi connectivity index (χ0v) is 11.6. The molecule has 0 saturated carbocycles. The van der Waals surface area contributed by atoms with Gasteiger partial charge in [-0.15, -0.1) is 5.10 Å². The summed E-state index contributed by atoms with van der Waals surface area (Å²) < 4.78 is 0. The van der Waals surface area contributed by atoms with Gasteiger partial charge in [-0.1, -0.05) is 13.8 Å². The molecule has 112 valence electrons. The Bertz CT molecular complexity index is 619. The lowest BCUT2D eigenvalue weighted by Crippen LogP contribution is -2.42. The Morgan fingerprint density at radius 3 is 2.71 bits per heavy atom. The van der Waals surface area contributed by atoms with Crippen molar-refractivity contribution in [1.82, 2.24) is 30.5 Å². The Morgan fingerprint density at radius 2 is 2.19 bits per heavy atom. The van der Waals surface area contributed by atoms with Gasteiger partial charge in [-0.3, -0.25) is 9.89 Å². The highest BCUT2D eigenvalue weighted by atomic mass is 16.4. The minimum absolute atomic E-state index is 0.0745. The molecule has 2 rings (SSSR count). The second kappa shape index (κ2) is 6.16. The molecule has 1 amide bonds. The molecular formula is C12H16N6O3. The number of H-pyrrole nitrogens is 2. The highest BCUT2D eigenvalue weighted by molar-refractivity contribution is 5.93. The zero-order chi connectivity index (χ0) is 15.4. The summed E-state index contributed by atoms with van der Waals surface area (Å²) >= 11 is 0. The molecule has 9 heteroatoms. The van der Waals surface area contributed by atoms with Crippen LogP contribution in [0.5, 0.6) is 0 Å². The van der Waals surface area contributed by atoms with Crippen molar-refractivity contribution in [2.75, 3.05) is 0 Å². The number of hydrogen-bond donors (Lipinski definition) is 4. The lowest BCUT2D eigenvalue weighted by molar-refractivity contribution is -0.139. The van der Waals surface area contributed by atoms with Gasteiger partial charge in [0.15, 0.2) is 0 Å². The molecule has 0 spiro atoms. The summed E-state index contributed by atoms with van der Waals surface area (Å²) in [5.41, 5.74) is 0.612. The van der Waals surface area contributed by atoms with Crippen LogP contribution in [-0.2, 0) is 11.2 Å². The summed E-state index contributed by atoms with van der Waals surface area (Å²) in [6.07, 6.45) is 3.05. The molecule has 2 aromatic heterocycles. The maximum absolute atomic E-state index is 12.0. The number of carboxylic acids is 1. The molecule has 0 saturated heterocycles. The minimum atomic E-state index is -1.14. The van der Waals surface area contributed by atoms with Crippen molar-refractivity contribution in [2.45, 2.75) is 32.2 Å². The van der Waals surface area contributed by atoms with Gasteiger partial charge in [0.2, 0.25) is 5.82 Å². The molecule has 21 heavy (non-hydrogen) atoms. The monoisotopic (exact) mass is 292 g/mol. The summed E-state index contributed by atoms with van der Waals surface area (Å²) in [5.74, 6) is -1.18. The predicted molar refractivity (Wildman–Crippen MR) is 71.7 cm³/mol. The number of nitrogens with zero attached hydrogens (tertiary/aromatic N) is 3. The van der Waals surface area contributed by atoms with E-state index < -0.39 is 17.9 Å². The second-order valence-electron chi connectivity index (χ2n) is 4.84. The SMILES string of the molecule is CC(C)c1nc(C(=O)N[C@@H](Cc2cnc[nH]2)C(=O)O)n[nH]1. The summed E-state index contributed by atoms with van der Waals surface area (Å²) in [6, 6.07) is -1.08.